The molecule has 168 valence electrons. The first-order valence-electron chi connectivity index (χ1n) is 10.7. The molecule has 0 fully saturated rings. The average Bonchev–Trinajstić information content (AvgIpc) is 2.77. The van der Waals surface area contributed by atoms with Crippen molar-refractivity contribution in [2.45, 2.75) is 27.7 Å². The number of phenols is 3. The van der Waals surface area contributed by atoms with Crippen LogP contribution >= 0.6 is 0 Å². The Morgan fingerprint density at radius 1 is 0.606 bits per heavy atom. The van der Waals surface area contributed by atoms with Gasteiger partial charge in [-0.1, -0.05) is 18.2 Å². The Bertz CT molecular complexity index is 1280. The Morgan fingerprint density at radius 3 is 1.76 bits per heavy atom. The number of rotatable bonds is 5. The maximum absolute atomic E-state index is 10.3. The monoisotopic (exact) mass is 441 g/mol. The highest BCUT2D eigenvalue weighted by atomic mass is 16.5. The third kappa shape index (κ3) is 4.58. The molecule has 0 amide bonds. The van der Waals surface area contributed by atoms with Gasteiger partial charge in [-0.05, 0) is 80.8 Å². The molecule has 0 atom stereocenters. The Balaban J connectivity index is 1.81. The summed E-state index contributed by atoms with van der Waals surface area (Å²) in [5.41, 5.74) is 5.37. The van der Waals surface area contributed by atoms with Crippen LogP contribution < -0.4 is 9.64 Å². The normalized spacial score (nSPS) is 10.8. The van der Waals surface area contributed by atoms with Crippen molar-refractivity contribution in [3.63, 3.8) is 0 Å². The molecule has 3 N–H and O–H groups in total. The highest BCUT2D eigenvalue weighted by Crippen LogP contribution is 2.40. The van der Waals surface area contributed by atoms with Crippen molar-refractivity contribution >= 4 is 17.1 Å². The maximum atomic E-state index is 10.3. The van der Waals surface area contributed by atoms with Gasteiger partial charge in [0.25, 0.3) is 0 Å². The van der Waals surface area contributed by atoms with E-state index in [9.17, 15) is 15.3 Å². The van der Waals surface area contributed by atoms with E-state index in [1.54, 1.807) is 18.2 Å². The topological polar surface area (TPSA) is 73.2 Å². The van der Waals surface area contributed by atoms with Crippen molar-refractivity contribution in [2.75, 3.05) is 4.90 Å². The fourth-order valence-electron chi connectivity index (χ4n) is 3.65. The van der Waals surface area contributed by atoms with Crippen LogP contribution in [0.3, 0.4) is 0 Å². The smallest absolute Gasteiger partial charge is 0.134 e. The molecule has 0 heterocycles. The van der Waals surface area contributed by atoms with Gasteiger partial charge >= 0.3 is 0 Å². The predicted molar refractivity (Wildman–Crippen MR) is 132 cm³/mol. The minimum absolute atomic E-state index is 0.187. The lowest BCUT2D eigenvalue weighted by molar-refractivity contribution is 0.447. The molecular weight excluding hydrogens is 414 g/mol. The van der Waals surface area contributed by atoms with E-state index in [-0.39, 0.29) is 17.2 Å². The van der Waals surface area contributed by atoms with Crippen molar-refractivity contribution in [1.29, 1.82) is 0 Å². The molecular formula is C28H27NO4. The zero-order valence-electron chi connectivity index (χ0n) is 19.1. The van der Waals surface area contributed by atoms with Gasteiger partial charge in [-0.2, -0.15) is 0 Å². The summed E-state index contributed by atoms with van der Waals surface area (Å²) < 4.78 is 6.13. The number of hydrogen-bond donors (Lipinski definition) is 3. The van der Waals surface area contributed by atoms with E-state index >= 15 is 0 Å². The Labute approximate surface area is 193 Å². The van der Waals surface area contributed by atoms with Crippen molar-refractivity contribution < 1.29 is 20.1 Å². The zero-order valence-corrected chi connectivity index (χ0v) is 19.1. The van der Waals surface area contributed by atoms with Gasteiger partial charge in [-0.25, -0.2) is 0 Å². The van der Waals surface area contributed by atoms with Gasteiger partial charge < -0.3 is 25.0 Å². The quantitative estimate of drug-likeness (QED) is 0.303. The summed E-state index contributed by atoms with van der Waals surface area (Å²) in [6.45, 7) is 7.40. The summed E-state index contributed by atoms with van der Waals surface area (Å²) in [4.78, 5) is 1.94. The summed E-state index contributed by atoms with van der Waals surface area (Å²) in [6, 6.07) is 22.1. The number of hydrogen-bond acceptors (Lipinski definition) is 5. The number of phenolic OH excluding ortho intramolecular Hbond substituents is 3. The second kappa shape index (κ2) is 8.79. The highest BCUT2D eigenvalue weighted by molar-refractivity contribution is 5.79. The largest absolute Gasteiger partial charge is 0.508 e. The fraction of sp³-hybridized carbons (Fsp3) is 0.143. The molecule has 0 aliphatic rings. The van der Waals surface area contributed by atoms with Gasteiger partial charge in [0.15, 0.2) is 0 Å². The van der Waals surface area contributed by atoms with Crippen LogP contribution in [-0.2, 0) is 0 Å². The summed E-state index contributed by atoms with van der Waals surface area (Å²) >= 11 is 0. The highest BCUT2D eigenvalue weighted by Gasteiger charge is 2.16. The second-order valence-corrected chi connectivity index (χ2v) is 8.28. The van der Waals surface area contributed by atoms with E-state index < -0.39 is 0 Å². The Hall–Kier alpha value is -4.12. The molecule has 0 saturated heterocycles. The molecule has 0 aliphatic carbocycles. The molecule has 0 saturated carbocycles. The lowest BCUT2D eigenvalue weighted by Gasteiger charge is -2.26. The molecule has 0 spiro atoms. The Kier molecular flexibility index (Phi) is 5.88. The van der Waals surface area contributed by atoms with Gasteiger partial charge in [0.2, 0.25) is 0 Å². The van der Waals surface area contributed by atoms with Gasteiger partial charge in [0.05, 0.1) is 0 Å². The van der Waals surface area contributed by atoms with Crippen molar-refractivity contribution in [3.8, 4) is 28.7 Å². The number of anilines is 3. The second-order valence-electron chi connectivity index (χ2n) is 8.28. The average molecular weight is 442 g/mol. The Morgan fingerprint density at radius 2 is 1.18 bits per heavy atom. The number of aromatic hydroxyl groups is 3. The van der Waals surface area contributed by atoms with E-state index in [1.807, 2.05) is 87.2 Å². The predicted octanol–water partition coefficient (Wildman–Crippen LogP) is 7.30. The fourth-order valence-corrected chi connectivity index (χ4v) is 3.65. The first-order valence-corrected chi connectivity index (χ1v) is 10.7. The van der Waals surface area contributed by atoms with E-state index in [2.05, 4.69) is 0 Å². The number of benzene rings is 4. The van der Waals surface area contributed by atoms with E-state index in [4.69, 9.17) is 4.74 Å². The molecule has 5 heteroatoms. The molecule has 5 nitrogen and oxygen atoms in total. The van der Waals surface area contributed by atoms with Crippen LogP contribution in [0, 0.1) is 27.7 Å². The van der Waals surface area contributed by atoms with Gasteiger partial charge in [0, 0.05) is 40.8 Å². The van der Waals surface area contributed by atoms with Crippen LogP contribution in [-0.4, -0.2) is 15.3 Å². The molecule has 4 rings (SSSR count). The van der Waals surface area contributed by atoms with Crippen LogP contribution in [0.2, 0.25) is 0 Å². The zero-order chi connectivity index (χ0) is 23.7. The standard InChI is InChI=1S/C28H27NO4/c1-17-12-27(32)20(4)28(13-17)33-24-7-5-6-21(14-24)29(22-10-8-18(2)25(30)15-22)23-11-9-19(3)26(31)16-23/h5-16,30-32H,1-4H3. The first kappa shape index (κ1) is 22.1. The molecule has 4 aromatic carbocycles. The van der Waals surface area contributed by atoms with Crippen LogP contribution in [0.25, 0.3) is 0 Å². The van der Waals surface area contributed by atoms with Gasteiger partial charge in [-0.3, -0.25) is 0 Å². The van der Waals surface area contributed by atoms with Gasteiger partial charge in [0.1, 0.15) is 28.7 Å². The molecule has 0 unspecified atom stereocenters. The molecule has 0 aromatic heterocycles. The van der Waals surface area contributed by atoms with Crippen molar-refractivity contribution in [2.24, 2.45) is 0 Å². The van der Waals surface area contributed by atoms with Crippen LogP contribution in [0.5, 0.6) is 28.7 Å². The summed E-state index contributed by atoms with van der Waals surface area (Å²) in [6.07, 6.45) is 0. The minimum Gasteiger partial charge on any atom is -0.508 e. The summed E-state index contributed by atoms with van der Waals surface area (Å²) in [5.74, 6) is 1.74. The van der Waals surface area contributed by atoms with Crippen LogP contribution in [0.1, 0.15) is 22.3 Å². The summed E-state index contributed by atoms with van der Waals surface area (Å²) in [7, 11) is 0. The van der Waals surface area contributed by atoms with Crippen LogP contribution in [0.15, 0.2) is 72.8 Å². The number of nitrogens with zero attached hydrogens (tertiary/aromatic N) is 1. The number of ether oxygens (including phenoxy) is 1. The van der Waals surface area contributed by atoms with E-state index in [1.165, 1.54) is 0 Å². The third-order valence-electron chi connectivity index (χ3n) is 5.68. The first-order chi connectivity index (χ1) is 15.7. The van der Waals surface area contributed by atoms with Crippen molar-refractivity contribution in [3.05, 3.63) is 95.1 Å². The maximum Gasteiger partial charge on any atom is 0.134 e. The van der Waals surface area contributed by atoms with Crippen molar-refractivity contribution in [1.82, 2.24) is 0 Å². The molecule has 0 radical (unpaired) electrons. The minimum atomic E-state index is 0.187. The van der Waals surface area contributed by atoms with E-state index in [0.29, 0.717) is 17.1 Å². The van der Waals surface area contributed by atoms with Gasteiger partial charge in [-0.15, -0.1) is 0 Å². The summed E-state index contributed by atoms with van der Waals surface area (Å²) in [5, 5.41) is 30.9. The molecule has 4 aromatic rings. The number of aryl methyl sites for hydroxylation is 3. The lowest BCUT2D eigenvalue weighted by atomic mass is 10.1. The molecule has 0 aliphatic heterocycles. The third-order valence-corrected chi connectivity index (χ3v) is 5.68. The van der Waals surface area contributed by atoms with Crippen LogP contribution in [0.4, 0.5) is 17.1 Å². The molecule has 0 bridgehead atoms. The lowest BCUT2D eigenvalue weighted by Crippen LogP contribution is -2.10. The molecule has 33 heavy (non-hydrogen) atoms. The SMILES string of the molecule is Cc1cc(O)c(C)c(Oc2cccc(N(c3ccc(C)c(O)c3)c3ccc(C)c(O)c3)c2)c1. The van der Waals surface area contributed by atoms with E-state index in [0.717, 1.165) is 33.8 Å².